The molecule has 0 spiro atoms. The zero-order valence-corrected chi connectivity index (χ0v) is 23.4. The van der Waals surface area contributed by atoms with Crippen molar-refractivity contribution in [3.05, 3.63) is 0 Å². The Morgan fingerprint density at radius 2 is 1.85 bits per heavy atom. The average molecular weight is 578 g/mol. The zero-order valence-electron chi connectivity index (χ0n) is 23.4. The molecule has 2 saturated carbocycles. The van der Waals surface area contributed by atoms with Crippen LogP contribution in [-0.4, -0.2) is 104 Å². The van der Waals surface area contributed by atoms with Gasteiger partial charge in [-0.1, -0.05) is 6.42 Å². The third kappa shape index (κ3) is 5.52. The van der Waals surface area contributed by atoms with Crippen molar-refractivity contribution in [3.8, 4) is 0 Å². The van der Waals surface area contributed by atoms with Crippen LogP contribution >= 0.6 is 0 Å². The first-order valence-corrected chi connectivity index (χ1v) is 15.2. The van der Waals surface area contributed by atoms with Crippen LogP contribution in [-0.2, 0) is 9.53 Å². The highest BCUT2D eigenvalue weighted by Gasteiger charge is 2.58. The van der Waals surface area contributed by atoms with Crippen molar-refractivity contribution in [2.45, 2.75) is 82.1 Å². The fraction of sp³-hybridized carbons (Fsp3) is 0.964. The lowest BCUT2D eigenvalue weighted by Gasteiger charge is -2.52. The van der Waals surface area contributed by atoms with Crippen molar-refractivity contribution in [1.82, 2.24) is 25.6 Å². The molecule has 7 unspecified atom stereocenters. The van der Waals surface area contributed by atoms with Gasteiger partial charge in [0.25, 0.3) is 0 Å². The van der Waals surface area contributed by atoms with Crippen molar-refractivity contribution >= 4 is 5.91 Å². The number of hydrogen-bond acceptors (Lipinski definition) is 6. The van der Waals surface area contributed by atoms with Crippen LogP contribution in [0.5, 0.6) is 0 Å². The number of carbonyl (C=O) groups is 1. The van der Waals surface area contributed by atoms with E-state index in [1.807, 2.05) is 4.90 Å². The molecule has 0 aromatic heterocycles. The van der Waals surface area contributed by atoms with Gasteiger partial charge in [0.05, 0.1) is 32.0 Å². The number of nitrogens with zero attached hydrogens (tertiary/aromatic N) is 3. The highest BCUT2D eigenvalue weighted by Crippen LogP contribution is 2.53. The Balaban J connectivity index is 1.14. The van der Waals surface area contributed by atoms with Gasteiger partial charge in [-0.3, -0.25) is 14.6 Å². The molecule has 1 amide bonds. The van der Waals surface area contributed by atoms with E-state index in [0.29, 0.717) is 38.6 Å². The Morgan fingerprint density at radius 1 is 1.05 bits per heavy atom. The quantitative estimate of drug-likeness (QED) is 0.473. The largest absolute Gasteiger partial charge is 0.392 e. The van der Waals surface area contributed by atoms with Gasteiger partial charge in [0.15, 0.2) is 0 Å². The molecule has 0 bridgehead atoms. The van der Waals surface area contributed by atoms with Gasteiger partial charge in [-0.05, 0) is 69.7 Å². The molecule has 2 aliphatic carbocycles. The van der Waals surface area contributed by atoms with Gasteiger partial charge in [-0.25, -0.2) is 19.6 Å². The van der Waals surface area contributed by atoms with E-state index in [9.17, 15) is 26.7 Å². The van der Waals surface area contributed by atoms with E-state index in [-0.39, 0.29) is 55.4 Å². The summed E-state index contributed by atoms with van der Waals surface area (Å²) < 4.78 is 76.4. The SMILES string of the molecule is CN1CNNC1CC1(C2CCCC(N3CC4C(CC(CN5CC[C@H](F)[C@@H](F)C5)CC4C(F)(F)F)C3=O)C2)COC1. The summed E-state index contributed by atoms with van der Waals surface area (Å²) in [5, 5.41) is 0. The molecule has 0 aromatic carbocycles. The number of fused-ring (bicyclic) bond motifs is 1. The van der Waals surface area contributed by atoms with Gasteiger partial charge in [0.2, 0.25) is 5.91 Å². The van der Waals surface area contributed by atoms with E-state index in [2.05, 4.69) is 22.8 Å². The molecule has 0 aromatic rings. The average Bonchev–Trinajstić information content (AvgIpc) is 3.45. The molecule has 228 valence electrons. The minimum absolute atomic E-state index is 0.0209. The number of carbonyl (C=O) groups excluding carboxylic acids is 1. The summed E-state index contributed by atoms with van der Waals surface area (Å²) in [5.41, 5.74) is 6.55. The smallest absolute Gasteiger partial charge is 0.380 e. The monoisotopic (exact) mass is 577 g/mol. The van der Waals surface area contributed by atoms with Crippen LogP contribution in [0.4, 0.5) is 22.0 Å². The highest BCUT2D eigenvalue weighted by atomic mass is 19.4. The minimum atomic E-state index is -4.39. The molecule has 4 aliphatic heterocycles. The number of alkyl halides is 5. The standard InChI is InChI=1S/C28H44F5N5O2/c1-36-16-34-35-25(36)10-27(14-40-15-27)18-3-2-4-19(9-18)38-12-21-20(26(38)39)7-17(8-22(21)28(31,32)33)11-37-6-5-23(29)24(30)13-37/h17-25,34-35H,2-16H2,1H3/t17?,18?,19?,20?,21?,22?,23-,24-,25?/m0/s1. The van der Waals surface area contributed by atoms with Crippen LogP contribution in [0.15, 0.2) is 0 Å². The maximum atomic E-state index is 14.4. The van der Waals surface area contributed by atoms with Crippen LogP contribution in [0.1, 0.15) is 51.4 Å². The lowest BCUT2D eigenvalue weighted by Crippen LogP contribution is -2.56. The van der Waals surface area contributed by atoms with Gasteiger partial charge in [-0.2, -0.15) is 13.2 Å². The van der Waals surface area contributed by atoms with Gasteiger partial charge in [-0.15, -0.1) is 0 Å². The number of likely N-dealkylation sites (tertiary alicyclic amines) is 2. The first-order chi connectivity index (χ1) is 19.0. The van der Waals surface area contributed by atoms with E-state index in [1.54, 1.807) is 4.90 Å². The lowest BCUT2D eigenvalue weighted by atomic mass is 9.64. The Hall–Kier alpha value is -1.08. The van der Waals surface area contributed by atoms with Crippen molar-refractivity contribution in [1.29, 1.82) is 0 Å². The molecular formula is C28H44F5N5O2. The number of hydrogen-bond donors (Lipinski definition) is 2. The molecule has 6 aliphatic rings. The molecule has 4 heterocycles. The van der Waals surface area contributed by atoms with Crippen LogP contribution in [0, 0.1) is 35.0 Å². The molecular weight excluding hydrogens is 533 g/mol. The Bertz CT molecular complexity index is 922. The predicted octanol–water partition coefficient (Wildman–Crippen LogP) is 3.32. The maximum Gasteiger partial charge on any atom is 0.392 e. The van der Waals surface area contributed by atoms with Crippen molar-refractivity contribution in [2.24, 2.45) is 35.0 Å². The Kier molecular flexibility index (Phi) is 8.13. The third-order valence-corrected chi connectivity index (χ3v) is 11.2. The zero-order chi connectivity index (χ0) is 28.2. The molecule has 4 saturated heterocycles. The number of rotatable bonds is 6. The summed E-state index contributed by atoms with van der Waals surface area (Å²) in [6.07, 6.45) is -2.27. The Labute approximate surface area is 233 Å². The predicted molar refractivity (Wildman–Crippen MR) is 138 cm³/mol. The number of ether oxygens (including phenoxy) is 1. The fourth-order valence-electron chi connectivity index (χ4n) is 8.83. The fourth-order valence-corrected chi connectivity index (χ4v) is 8.83. The van der Waals surface area contributed by atoms with E-state index in [4.69, 9.17) is 4.74 Å². The van der Waals surface area contributed by atoms with Crippen LogP contribution in [0.3, 0.4) is 0 Å². The summed E-state index contributed by atoms with van der Waals surface area (Å²) in [7, 11) is 2.07. The van der Waals surface area contributed by atoms with Gasteiger partial charge < -0.3 is 9.64 Å². The van der Waals surface area contributed by atoms with Crippen LogP contribution in [0.25, 0.3) is 0 Å². The normalized spacial score (nSPS) is 43.1. The number of piperidine rings is 1. The van der Waals surface area contributed by atoms with E-state index in [0.717, 1.165) is 38.8 Å². The van der Waals surface area contributed by atoms with E-state index < -0.39 is 36.3 Å². The first kappa shape index (κ1) is 29.0. The second-order valence-electron chi connectivity index (χ2n) is 13.7. The number of hydrazine groups is 1. The summed E-state index contributed by atoms with van der Waals surface area (Å²) >= 11 is 0. The molecule has 9 atom stereocenters. The summed E-state index contributed by atoms with van der Waals surface area (Å²) in [5.74, 6) is -3.01. The number of halogens is 5. The van der Waals surface area contributed by atoms with Crippen molar-refractivity contribution < 1.29 is 31.5 Å². The van der Waals surface area contributed by atoms with Gasteiger partial charge in [0.1, 0.15) is 12.3 Å². The van der Waals surface area contributed by atoms with Crippen LogP contribution in [0.2, 0.25) is 0 Å². The van der Waals surface area contributed by atoms with Crippen molar-refractivity contribution in [3.63, 3.8) is 0 Å². The first-order valence-electron chi connectivity index (χ1n) is 15.2. The van der Waals surface area contributed by atoms with Gasteiger partial charge >= 0.3 is 6.18 Å². The molecule has 0 radical (unpaired) electrons. The lowest BCUT2D eigenvalue weighted by molar-refractivity contribution is -0.204. The number of amides is 1. The number of nitrogens with one attached hydrogen (secondary N) is 2. The molecule has 12 heteroatoms. The summed E-state index contributed by atoms with van der Waals surface area (Å²) in [6, 6.07) is -0.0371. The molecule has 2 N–H and O–H groups in total. The topological polar surface area (TPSA) is 60.1 Å². The van der Waals surface area contributed by atoms with Crippen molar-refractivity contribution in [2.75, 3.05) is 53.1 Å². The second kappa shape index (κ2) is 11.2. The van der Waals surface area contributed by atoms with Crippen LogP contribution < -0.4 is 10.9 Å². The van der Waals surface area contributed by atoms with E-state index >= 15 is 0 Å². The molecule has 6 fully saturated rings. The van der Waals surface area contributed by atoms with E-state index in [1.165, 1.54) is 0 Å². The molecule has 6 rings (SSSR count). The summed E-state index contributed by atoms with van der Waals surface area (Å²) in [4.78, 5) is 19.6. The summed E-state index contributed by atoms with van der Waals surface area (Å²) in [6.45, 7) is 2.88. The maximum absolute atomic E-state index is 14.4. The molecule has 7 nitrogen and oxygen atoms in total. The second-order valence-corrected chi connectivity index (χ2v) is 13.7. The highest BCUT2D eigenvalue weighted by molar-refractivity contribution is 5.82. The molecule has 40 heavy (non-hydrogen) atoms. The third-order valence-electron chi connectivity index (χ3n) is 11.2. The minimum Gasteiger partial charge on any atom is -0.380 e. The van der Waals surface area contributed by atoms with Gasteiger partial charge in [0, 0.05) is 43.6 Å². The Morgan fingerprint density at radius 3 is 2.50 bits per heavy atom.